The summed E-state index contributed by atoms with van der Waals surface area (Å²) in [7, 11) is 0. The number of nitrogens with one attached hydrogen (secondary N) is 2. The molecular formula is C78H64N16Ru2S. The topological polar surface area (TPSA) is 212 Å². The molecule has 0 aliphatic heterocycles. The zero-order chi connectivity index (χ0) is 65.4. The monoisotopic (exact) mass is 1460 g/mol. The Morgan fingerprint density at radius 3 is 0.680 bits per heavy atom. The van der Waals surface area contributed by atoms with E-state index in [2.05, 4.69) is 162 Å². The van der Waals surface area contributed by atoms with Gasteiger partial charge in [-0.1, -0.05) is 0 Å². The normalized spacial score (nSPS) is 10.7. The Balaban J connectivity index is 0.000000137. The number of aryl methyl sites for hydroxylation is 8. The van der Waals surface area contributed by atoms with Crippen LogP contribution in [0.3, 0.4) is 0 Å². The molecule has 0 spiro atoms. The van der Waals surface area contributed by atoms with Crippen molar-refractivity contribution in [2.45, 2.75) is 55.4 Å². The second kappa shape index (κ2) is 30.7. The van der Waals surface area contributed by atoms with Gasteiger partial charge < -0.3 is 9.97 Å². The molecule has 0 bridgehead atoms. The van der Waals surface area contributed by atoms with Crippen LogP contribution in [-0.2, 0) is 39.0 Å². The Morgan fingerprint density at radius 2 is 0.454 bits per heavy atom. The Kier molecular flexibility index (Phi) is 21.4. The number of aromatic nitrogens is 16. The third kappa shape index (κ3) is 15.6. The summed E-state index contributed by atoms with van der Waals surface area (Å²) in [6.07, 6.45) is 21.7. The third-order valence-corrected chi connectivity index (χ3v) is 16.7. The van der Waals surface area contributed by atoms with Gasteiger partial charge in [-0.3, -0.25) is 59.8 Å². The first-order valence-electron chi connectivity index (χ1n) is 30.9. The van der Waals surface area contributed by atoms with Gasteiger partial charge in [0.05, 0.1) is 99.4 Å². The van der Waals surface area contributed by atoms with Crippen LogP contribution < -0.4 is 0 Å². The largest absolute Gasteiger partial charge is 0.337 e. The van der Waals surface area contributed by atoms with Gasteiger partial charge in [0.25, 0.3) is 0 Å². The number of rotatable bonds is 6. The van der Waals surface area contributed by atoms with E-state index in [0.29, 0.717) is 0 Å². The van der Waals surface area contributed by atoms with Crippen LogP contribution in [0, 0.1) is 55.4 Å². The van der Waals surface area contributed by atoms with E-state index in [-0.39, 0.29) is 39.0 Å². The maximum absolute atomic E-state index is 5.03. The first-order valence-corrected chi connectivity index (χ1v) is 31.7. The van der Waals surface area contributed by atoms with E-state index < -0.39 is 0 Å². The van der Waals surface area contributed by atoms with E-state index in [4.69, 9.17) is 9.97 Å². The molecule has 15 aromatic heterocycles. The van der Waals surface area contributed by atoms with Crippen LogP contribution >= 0.6 is 11.3 Å². The average molecular weight is 1460 g/mol. The number of pyridine rings is 12. The average Bonchev–Trinajstić information content (AvgIpc) is 1.66. The summed E-state index contributed by atoms with van der Waals surface area (Å²) in [4.78, 5) is 72.0. The van der Waals surface area contributed by atoms with Gasteiger partial charge in [-0.15, -0.1) is 11.3 Å². The Hall–Kier alpha value is -10.8. The van der Waals surface area contributed by atoms with E-state index >= 15 is 0 Å². The van der Waals surface area contributed by atoms with E-state index in [1.54, 1.807) is 36.1 Å². The van der Waals surface area contributed by atoms with Gasteiger partial charge in [0.2, 0.25) is 0 Å². The molecule has 0 amide bonds. The van der Waals surface area contributed by atoms with Crippen molar-refractivity contribution in [3.63, 3.8) is 0 Å². The van der Waals surface area contributed by atoms with Crippen LogP contribution in [0.15, 0.2) is 232 Å². The predicted octanol–water partition coefficient (Wildman–Crippen LogP) is 18.1. The minimum Gasteiger partial charge on any atom is -0.337 e. The summed E-state index contributed by atoms with van der Waals surface area (Å²) in [5.74, 6) is 1.62. The molecule has 0 saturated carbocycles. The molecule has 15 heterocycles. The zero-order valence-corrected chi connectivity index (χ0v) is 58.6. The van der Waals surface area contributed by atoms with Gasteiger partial charge >= 0.3 is 0 Å². The molecule has 0 fully saturated rings. The van der Waals surface area contributed by atoms with Crippen LogP contribution in [0.4, 0.5) is 0 Å². The van der Waals surface area contributed by atoms with E-state index in [1.807, 2.05) is 171 Å². The molecule has 2 N–H and O–H groups in total. The van der Waals surface area contributed by atoms with Crippen LogP contribution in [0.1, 0.15) is 44.5 Å². The van der Waals surface area contributed by atoms with Crippen molar-refractivity contribution < 1.29 is 39.0 Å². The molecule has 478 valence electrons. The predicted molar refractivity (Wildman–Crippen MR) is 383 cm³/mol. The van der Waals surface area contributed by atoms with Gasteiger partial charge in [0, 0.05) is 135 Å². The second-order valence-corrected chi connectivity index (χ2v) is 24.2. The summed E-state index contributed by atoms with van der Waals surface area (Å²) >= 11 is 1.64. The van der Waals surface area contributed by atoms with Gasteiger partial charge in [0.15, 0.2) is 0 Å². The molecular weight excluding hydrogens is 1400 g/mol. The summed E-state index contributed by atoms with van der Waals surface area (Å²) in [5, 5.41) is 3.98. The fourth-order valence-corrected chi connectivity index (χ4v) is 11.8. The standard InChI is InChI=1S/C30H16N8S.4C12H12N2.2Ru/c1-5-15-21(31-11-1)22-16(6-2-12-32-22)26-25(15)35-29(36-26)19-9-10-20(39-19)30-37-27-17-7-3-13-33-23(17)24-18(28(27)38-30)8-4-14-34-24;4*1-9-3-5-13-11(7-9)12-8-10(2)4-6-14-12;;/h1-14H,(H,35,36)(H,37,38);4*3-8H,1-2H3;;. The number of fused-ring (bicyclic) bond motifs is 12. The summed E-state index contributed by atoms with van der Waals surface area (Å²) < 4.78 is 0. The van der Waals surface area contributed by atoms with Gasteiger partial charge in [-0.2, -0.15) is 0 Å². The van der Waals surface area contributed by atoms with Crippen molar-refractivity contribution in [3.05, 3.63) is 277 Å². The van der Waals surface area contributed by atoms with Gasteiger partial charge in [-0.05, 0) is 258 Å². The van der Waals surface area contributed by atoms with E-state index in [0.717, 1.165) is 133 Å². The molecule has 97 heavy (non-hydrogen) atoms. The molecule has 0 aliphatic rings. The van der Waals surface area contributed by atoms with Crippen molar-refractivity contribution in [1.29, 1.82) is 0 Å². The number of thiophene rings is 1. The number of H-pyrrole nitrogens is 2. The minimum absolute atomic E-state index is 0. The molecule has 0 atom stereocenters. The molecule has 16 nitrogen and oxygen atoms in total. The number of hydrogen-bond acceptors (Lipinski definition) is 15. The molecule has 0 saturated heterocycles. The molecule has 0 unspecified atom stereocenters. The first-order chi connectivity index (χ1) is 46.3. The molecule has 17 rings (SSSR count). The number of imidazole rings is 2. The first kappa shape index (κ1) is 67.6. The zero-order valence-electron chi connectivity index (χ0n) is 54.3. The van der Waals surface area contributed by atoms with Gasteiger partial charge in [-0.25, -0.2) is 9.97 Å². The fourth-order valence-electron chi connectivity index (χ4n) is 10.9. The number of nitrogens with zero attached hydrogens (tertiary/aromatic N) is 14. The summed E-state index contributed by atoms with van der Waals surface area (Å²) in [6, 6.07) is 52.4. The maximum Gasteiger partial charge on any atom is 0.148 e. The number of aromatic amines is 2. The Morgan fingerprint density at radius 1 is 0.237 bits per heavy atom. The van der Waals surface area contributed by atoms with Crippen molar-refractivity contribution >= 4 is 77.0 Å². The fraction of sp³-hybridized carbons (Fsp3) is 0.103. The van der Waals surface area contributed by atoms with Gasteiger partial charge in [0.1, 0.15) is 11.6 Å². The van der Waals surface area contributed by atoms with Crippen LogP contribution in [-0.4, -0.2) is 79.7 Å². The van der Waals surface area contributed by atoms with E-state index in [9.17, 15) is 0 Å². The van der Waals surface area contributed by atoms with Crippen LogP contribution in [0.5, 0.6) is 0 Å². The van der Waals surface area contributed by atoms with Crippen LogP contribution in [0.25, 0.3) is 133 Å². The number of benzene rings is 2. The molecule has 19 heteroatoms. The smallest absolute Gasteiger partial charge is 0.148 e. The molecule has 17 aromatic rings. The van der Waals surface area contributed by atoms with Crippen molar-refractivity contribution in [3.8, 4) is 67.0 Å². The van der Waals surface area contributed by atoms with Crippen molar-refractivity contribution in [2.24, 2.45) is 0 Å². The number of hydrogen-bond donors (Lipinski definition) is 2. The van der Waals surface area contributed by atoms with Crippen molar-refractivity contribution in [2.75, 3.05) is 0 Å². The van der Waals surface area contributed by atoms with Crippen LogP contribution in [0.2, 0.25) is 0 Å². The SMILES string of the molecule is Cc1ccnc(-c2cc(C)ccn2)c1.Cc1ccnc(-c2cc(C)ccn2)c1.Cc1ccnc(-c2cc(C)ccn2)c1.Cc1ccnc(-c2cc(C)ccn2)c1.[Ru].[Ru].c1cnc2c(c1)c1nc(-c3ccc(-c4nc5c6cccnc6c6ncccc6c5[nH]4)s3)[nH]c1c1cccnc12. The minimum atomic E-state index is 0. The third-order valence-electron chi connectivity index (χ3n) is 15.6. The summed E-state index contributed by atoms with van der Waals surface area (Å²) in [5.41, 5.74) is 24.3. The summed E-state index contributed by atoms with van der Waals surface area (Å²) in [6.45, 7) is 16.5. The Bertz CT molecular complexity index is 4780. The Labute approximate surface area is 590 Å². The molecule has 0 radical (unpaired) electrons. The van der Waals surface area contributed by atoms with E-state index in [1.165, 1.54) is 44.5 Å². The quantitative estimate of drug-likeness (QED) is 0.117. The van der Waals surface area contributed by atoms with Crippen molar-refractivity contribution in [1.82, 2.24) is 79.7 Å². The molecule has 2 aromatic carbocycles. The molecule has 0 aliphatic carbocycles. The second-order valence-electron chi connectivity index (χ2n) is 23.1. The maximum atomic E-state index is 5.03.